The number of aliphatic hydroxyl groups excluding tert-OH is 1. The van der Waals surface area contributed by atoms with Gasteiger partial charge >= 0.3 is 0 Å². The Bertz CT molecular complexity index is 1130. The van der Waals surface area contributed by atoms with Gasteiger partial charge in [-0.05, 0) is 49.2 Å². The Labute approximate surface area is 158 Å². The summed E-state index contributed by atoms with van der Waals surface area (Å²) in [6, 6.07) is 10.2. The van der Waals surface area contributed by atoms with Crippen molar-refractivity contribution in [3.8, 4) is 11.8 Å². The monoisotopic (exact) mass is 381 g/mol. The molecule has 6 nitrogen and oxygen atoms in total. The number of aromatic nitrogens is 2. The van der Waals surface area contributed by atoms with E-state index < -0.39 is 9.84 Å². The third-order valence-corrected chi connectivity index (χ3v) is 5.04. The van der Waals surface area contributed by atoms with E-state index in [-0.39, 0.29) is 17.4 Å². The number of sulfone groups is 1. The molecule has 2 heterocycles. The van der Waals surface area contributed by atoms with Crippen LogP contribution in [-0.2, 0) is 9.84 Å². The Kier molecular flexibility index (Phi) is 5.40. The van der Waals surface area contributed by atoms with Crippen LogP contribution >= 0.6 is 0 Å². The summed E-state index contributed by atoms with van der Waals surface area (Å²) >= 11 is 0. The van der Waals surface area contributed by atoms with Gasteiger partial charge in [0.25, 0.3) is 0 Å². The van der Waals surface area contributed by atoms with Gasteiger partial charge in [-0.15, -0.1) is 0 Å². The summed E-state index contributed by atoms with van der Waals surface area (Å²) in [4.78, 5) is 8.97. The molecule has 0 aliphatic rings. The summed E-state index contributed by atoms with van der Waals surface area (Å²) in [6.07, 6.45) is 4.58. The highest BCUT2D eigenvalue weighted by atomic mass is 32.2. The Morgan fingerprint density at radius 1 is 1.19 bits per heavy atom. The van der Waals surface area contributed by atoms with Crippen LogP contribution in [0.25, 0.3) is 10.8 Å². The van der Waals surface area contributed by atoms with Crippen LogP contribution in [0.2, 0.25) is 0 Å². The second-order valence-electron chi connectivity index (χ2n) is 6.22. The lowest BCUT2D eigenvalue weighted by molar-refractivity contribution is 0.266. The molecule has 138 valence electrons. The summed E-state index contributed by atoms with van der Waals surface area (Å²) in [6.45, 7) is 1.84. The van der Waals surface area contributed by atoms with Gasteiger partial charge in [-0.25, -0.2) is 18.4 Å². The maximum Gasteiger partial charge on any atom is 0.175 e. The van der Waals surface area contributed by atoms with E-state index in [0.717, 1.165) is 16.5 Å². The highest BCUT2D eigenvalue weighted by Gasteiger charge is 2.07. The van der Waals surface area contributed by atoms with Crippen molar-refractivity contribution in [2.75, 3.05) is 18.2 Å². The van der Waals surface area contributed by atoms with Gasteiger partial charge in [0.05, 0.1) is 11.5 Å². The highest BCUT2D eigenvalue weighted by molar-refractivity contribution is 7.90. The van der Waals surface area contributed by atoms with Crippen LogP contribution < -0.4 is 5.32 Å². The van der Waals surface area contributed by atoms with Gasteiger partial charge in [-0.2, -0.15) is 0 Å². The average Bonchev–Trinajstić information content (AvgIpc) is 2.65. The van der Waals surface area contributed by atoms with Gasteiger partial charge in [0.1, 0.15) is 11.5 Å². The maximum absolute atomic E-state index is 11.5. The average molecular weight is 381 g/mol. The molecule has 0 bridgehead atoms. The number of nitrogens with one attached hydrogen (secondary N) is 1. The van der Waals surface area contributed by atoms with Crippen molar-refractivity contribution < 1.29 is 13.5 Å². The molecule has 0 aliphatic heterocycles. The summed E-state index contributed by atoms with van der Waals surface area (Å²) in [5.74, 6) is 6.45. The molecule has 0 fully saturated rings. The SMILES string of the molecule is C[C@@H](C#Cc1nccc2cnc(Nc3ccc(S(C)(=O)=O)cc3)cc12)CO. The molecule has 7 heteroatoms. The molecule has 3 aromatic rings. The second-order valence-corrected chi connectivity index (χ2v) is 8.24. The Morgan fingerprint density at radius 2 is 1.93 bits per heavy atom. The lowest BCUT2D eigenvalue weighted by Gasteiger charge is -2.08. The fourth-order valence-electron chi connectivity index (χ4n) is 2.40. The Hall–Kier alpha value is -2.95. The van der Waals surface area contributed by atoms with Crippen molar-refractivity contribution in [2.45, 2.75) is 11.8 Å². The van der Waals surface area contributed by atoms with Crippen LogP contribution in [0.15, 0.2) is 53.7 Å². The van der Waals surface area contributed by atoms with E-state index in [9.17, 15) is 8.42 Å². The molecule has 2 aromatic heterocycles. The second kappa shape index (κ2) is 7.74. The minimum atomic E-state index is -3.23. The van der Waals surface area contributed by atoms with E-state index in [0.29, 0.717) is 11.5 Å². The van der Waals surface area contributed by atoms with Gasteiger partial charge in [0.15, 0.2) is 9.84 Å². The number of aliphatic hydroxyl groups is 1. The lowest BCUT2D eigenvalue weighted by atomic mass is 10.1. The maximum atomic E-state index is 11.5. The summed E-state index contributed by atoms with van der Waals surface area (Å²) < 4.78 is 23.1. The van der Waals surface area contributed by atoms with Crippen molar-refractivity contribution in [2.24, 2.45) is 5.92 Å². The zero-order valence-electron chi connectivity index (χ0n) is 15.0. The Balaban J connectivity index is 1.92. The van der Waals surface area contributed by atoms with Crippen molar-refractivity contribution >= 4 is 32.1 Å². The molecule has 3 rings (SSSR count). The zero-order valence-corrected chi connectivity index (χ0v) is 15.8. The van der Waals surface area contributed by atoms with E-state index in [1.165, 1.54) is 6.26 Å². The predicted octanol–water partition coefficient (Wildman–Crippen LogP) is 2.76. The molecule has 0 saturated heterocycles. The molecule has 27 heavy (non-hydrogen) atoms. The molecule has 0 saturated carbocycles. The summed E-state index contributed by atoms with van der Waals surface area (Å²) in [5.41, 5.74) is 1.34. The smallest absolute Gasteiger partial charge is 0.175 e. The number of pyridine rings is 2. The minimum Gasteiger partial charge on any atom is -0.395 e. The van der Waals surface area contributed by atoms with Crippen molar-refractivity contribution in [3.05, 3.63) is 54.5 Å². The van der Waals surface area contributed by atoms with E-state index in [1.807, 2.05) is 19.1 Å². The molecule has 1 aromatic carbocycles. The van der Waals surface area contributed by atoms with Crippen LogP contribution in [0.5, 0.6) is 0 Å². The van der Waals surface area contributed by atoms with Crippen LogP contribution in [0.3, 0.4) is 0 Å². The molecular formula is C20H19N3O3S. The number of fused-ring (bicyclic) bond motifs is 1. The van der Waals surface area contributed by atoms with Crippen molar-refractivity contribution in [3.63, 3.8) is 0 Å². The number of benzene rings is 1. The third kappa shape index (κ3) is 4.61. The topological polar surface area (TPSA) is 92.2 Å². The molecule has 0 unspecified atom stereocenters. The first-order valence-electron chi connectivity index (χ1n) is 8.31. The van der Waals surface area contributed by atoms with E-state index >= 15 is 0 Å². The van der Waals surface area contributed by atoms with Gasteiger partial charge in [0.2, 0.25) is 0 Å². The largest absolute Gasteiger partial charge is 0.395 e. The fourth-order valence-corrected chi connectivity index (χ4v) is 3.03. The van der Waals surface area contributed by atoms with E-state index in [4.69, 9.17) is 5.11 Å². The van der Waals surface area contributed by atoms with Crippen molar-refractivity contribution in [1.82, 2.24) is 9.97 Å². The first-order chi connectivity index (χ1) is 12.9. The molecule has 0 radical (unpaired) electrons. The summed E-state index contributed by atoms with van der Waals surface area (Å²) in [7, 11) is -3.23. The Morgan fingerprint density at radius 3 is 2.59 bits per heavy atom. The molecule has 1 atom stereocenters. The van der Waals surface area contributed by atoms with Crippen LogP contribution in [-0.4, -0.2) is 36.4 Å². The number of hydrogen-bond donors (Lipinski definition) is 2. The van der Waals surface area contributed by atoms with Crippen LogP contribution in [0.4, 0.5) is 11.5 Å². The predicted molar refractivity (Wildman–Crippen MR) is 106 cm³/mol. The van der Waals surface area contributed by atoms with E-state index in [1.54, 1.807) is 36.7 Å². The zero-order chi connectivity index (χ0) is 19.4. The van der Waals surface area contributed by atoms with Gasteiger partial charge < -0.3 is 10.4 Å². The summed E-state index contributed by atoms with van der Waals surface area (Å²) in [5, 5.41) is 14.0. The molecule has 0 aliphatic carbocycles. The minimum absolute atomic E-state index is 0.00436. The number of rotatable bonds is 4. The standard InChI is InChI=1S/C20H19N3O3S/c1-14(13-24)3-8-19-18-11-20(22-12-15(18)9-10-21-19)23-16-4-6-17(7-5-16)27(2,25)26/h4-7,9-12,14,24H,13H2,1-2H3,(H,22,23)/t14-/m0/s1. The van der Waals surface area contributed by atoms with Gasteiger partial charge in [0, 0.05) is 41.0 Å². The molecule has 2 N–H and O–H groups in total. The normalized spacial score (nSPS) is 12.3. The van der Waals surface area contributed by atoms with Crippen LogP contribution in [0, 0.1) is 17.8 Å². The highest BCUT2D eigenvalue weighted by Crippen LogP contribution is 2.22. The first kappa shape index (κ1) is 18.8. The third-order valence-electron chi connectivity index (χ3n) is 3.91. The number of nitrogens with zero attached hydrogens (tertiary/aromatic N) is 2. The number of anilines is 2. The van der Waals surface area contributed by atoms with Gasteiger partial charge in [-0.1, -0.05) is 5.92 Å². The quantitative estimate of drug-likeness (QED) is 0.675. The van der Waals surface area contributed by atoms with Crippen molar-refractivity contribution in [1.29, 1.82) is 0 Å². The molecule has 0 amide bonds. The van der Waals surface area contributed by atoms with Gasteiger partial charge in [-0.3, -0.25) is 0 Å². The number of hydrogen-bond acceptors (Lipinski definition) is 6. The van der Waals surface area contributed by atoms with Crippen LogP contribution in [0.1, 0.15) is 12.6 Å². The fraction of sp³-hybridized carbons (Fsp3) is 0.200. The van der Waals surface area contributed by atoms with E-state index in [2.05, 4.69) is 27.1 Å². The molecule has 0 spiro atoms. The lowest BCUT2D eigenvalue weighted by Crippen LogP contribution is -1.98. The first-order valence-corrected chi connectivity index (χ1v) is 10.2. The molecular weight excluding hydrogens is 362 g/mol.